The van der Waals surface area contributed by atoms with Gasteiger partial charge in [0.2, 0.25) is 0 Å². The van der Waals surface area contributed by atoms with Crippen LogP contribution in [0.1, 0.15) is 46.1 Å². The van der Waals surface area contributed by atoms with Gasteiger partial charge < -0.3 is 15.3 Å². The van der Waals surface area contributed by atoms with Crippen molar-refractivity contribution in [1.29, 1.82) is 0 Å². The van der Waals surface area contributed by atoms with Gasteiger partial charge in [0.05, 0.1) is 6.10 Å². The lowest BCUT2D eigenvalue weighted by Gasteiger charge is -2.33. The lowest BCUT2D eigenvalue weighted by Crippen LogP contribution is -2.35. The second kappa shape index (κ2) is 10.4. The summed E-state index contributed by atoms with van der Waals surface area (Å²) in [5, 5.41) is 21.3. The topological polar surface area (TPSA) is 78.4 Å². The molecule has 2 N–H and O–H groups in total. The van der Waals surface area contributed by atoms with Crippen molar-refractivity contribution in [2.75, 3.05) is 24.5 Å². The summed E-state index contributed by atoms with van der Waals surface area (Å²) in [6.45, 7) is 8.37. The van der Waals surface area contributed by atoms with E-state index in [2.05, 4.69) is 58.2 Å². The Balaban J connectivity index is 1.29. The van der Waals surface area contributed by atoms with E-state index in [9.17, 15) is 9.90 Å². The number of rotatable bonds is 7. The number of piperidine rings is 1. The van der Waals surface area contributed by atoms with Crippen LogP contribution in [0, 0.1) is 12.8 Å². The number of benzene rings is 2. The molecule has 1 aliphatic rings. The fourth-order valence-electron chi connectivity index (χ4n) is 4.30. The lowest BCUT2D eigenvalue weighted by atomic mass is 9.84. The molecule has 2 heterocycles. The number of aryl methyl sites for hydroxylation is 1. The fourth-order valence-corrected chi connectivity index (χ4v) is 4.30. The molecule has 0 radical (unpaired) electrons. The molecule has 0 saturated carbocycles. The number of carbonyl (C=O) groups is 1. The van der Waals surface area contributed by atoms with Crippen LogP contribution in [-0.2, 0) is 0 Å². The summed E-state index contributed by atoms with van der Waals surface area (Å²) >= 11 is 0. The summed E-state index contributed by atoms with van der Waals surface area (Å²) in [5.74, 6) is 0.879. The Kier molecular flexibility index (Phi) is 7.15. The number of nitrogens with zero attached hydrogens (tertiary/aromatic N) is 3. The predicted octanol–water partition coefficient (Wildman–Crippen LogP) is 4.18. The van der Waals surface area contributed by atoms with Crippen molar-refractivity contribution in [3.05, 3.63) is 95.7 Å². The smallest absolute Gasteiger partial charge is 0.271 e. The molecule has 2 aromatic carbocycles. The maximum atomic E-state index is 12.4. The van der Waals surface area contributed by atoms with E-state index in [1.165, 1.54) is 16.7 Å². The third-order valence-electron chi connectivity index (χ3n) is 6.33. The Hall–Kier alpha value is -3.51. The molecule has 6 nitrogen and oxygen atoms in total. The molecule has 1 fully saturated rings. The molecular weight excluding hydrogens is 412 g/mol. The van der Waals surface area contributed by atoms with Gasteiger partial charge in [-0.1, -0.05) is 61.2 Å². The Morgan fingerprint density at radius 1 is 1.06 bits per heavy atom. The first-order valence-corrected chi connectivity index (χ1v) is 11.4. The van der Waals surface area contributed by atoms with Crippen molar-refractivity contribution in [3.8, 4) is 0 Å². The van der Waals surface area contributed by atoms with E-state index in [0.717, 1.165) is 37.3 Å². The molecule has 1 unspecified atom stereocenters. The molecule has 0 spiro atoms. The van der Waals surface area contributed by atoms with Crippen molar-refractivity contribution in [2.45, 2.75) is 25.9 Å². The number of aliphatic hydroxyl groups is 1. The van der Waals surface area contributed by atoms with Gasteiger partial charge in [0.25, 0.3) is 5.91 Å². The molecule has 1 aliphatic heterocycles. The van der Waals surface area contributed by atoms with Crippen molar-refractivity contribution in [1.82, 2.24) is 15.5 Å². The van der Waals surface area contributed by atoms with Crippen LogP contribution in [0.4, 0.5) is 5.82 Å². The van der Waals surface area contributed by atoms with Crippen LogP contribution in [0.2, 0.25) is 0 Å². The van der Waals surface area contributed by atoms with E-state index in [1.807, 2.05) is 36.4 Å². The van der Waals surface area contributed by atoms with Gasteiger partial charge >= 0.3 is 0 Å². The van der Waals surface area contributed by atoms with E-state index in [4.69, 9.17) is 0 Å². The number of amides is 1. The normalized spacial score (nSPS) is 15.2. The van der Waals surface area contributed by atoms with Crippen LogP contribution in [-0.4, -0.2) is 40.8 Å². The molecule has 1 aromatic heterocycles. The van der Waals surface area contributed by atoms with Crippen molar-refractivity contribution in [3.63, 3.8) is 0 Å². The highest BCUT2D eigenvalue weighted by Crippen LogP contribution is 2.33. The first-order chi connectivity index (χ1) is 16.0. The molecule has 1 saturated heterocycles. The summed E-state index contributed by atoms with van der Waals surface area (Å²) in [4.78, 5) is 14.6. The van der Waals surface area contributed by atoms with Crippen LogP contribution in [0.3, 0.4) is 0 Å². The number of anilines is 1. The highest BCUT2D eigenvalue weighted by Gasteiger charge is 2.24. The van der Waals surface area contributed by atoms with E-state index in [-0.39, 0.29) is 18.1 Å². The number of allylic oxidation sites excluding steroid dienone is 1. The summed E-state index contributed by atoms with van der Waals surface area (Å²) in [7, 11) is 0. The van der Waals surface area contributed by atoms with E-state index in [0.29, 0.717) is 5.92 Å². The van der Waals surface area contributed by atoms with Crippen LogP contribution in [0.15, 0.2) is 73.3 Å². The Morgan fingerprint density at radius 2 is 1.76 bits per heavy atom. The SMILES string of the molecule is C=C(c1ccccc1C)C1CCN(c2ccc(C(=O)NCC(O)c3ccccc3)nn2)CC1. The van der Waals surface area contributed by atoms with Crippen LogP contribution >= 0.6 is 0 Å². The van der Waals surface area contributed by atoms with E-state index >= 15 is 0 Å². The van der Waals surface area contributed by atoms with Gasteiger partial charge in [-0.3, -0.25) is 4.79 Å². The number of nitrogens with one attached hydrogen (secondary N) is 1. The number of aromatic nitrogens is 2. The van der Waals surface area contributed by atoms with Crippen molar-refractivity contribution < 1.29 is 9.90 Å². The van der Waals surface area contributed by atoms with Crippen LogP contribution < -0.4 is 10.2 Å². The number of hydrogen-bond acceptors (Lipinski definition) is 5. The van der Waals surface area contributed by atoms with Crippen molar-refractivity contribution in [2.24, 2.45) is 5.92 Å². The quantitative estimate of drug-likeness (QED) is 0.574. The van der Waals surface area contributed by atoms with Gasteiger partial charge in [0.1, 0.15) is 0 Å². The third-order valence-corrected chi connectivity index (χ3v) is 6.33. The average Bonchev–Trinajstić information content (AvgIpc) is 2.87. The molecular formula is C27H30N4O2. The first kappa shape index (κ1) is 22.7. The molecule has 4 rings (SSSR count). The molecule has 33 heavy (non-hydrogen) atoms. The average molecular weight is 443 g/mol. The minimum Gasteiger partial charge on any atom is -0.387 e. The maximum Gasteiger partial charge on any atom is 0.271 e. The van der Waals surface area contributed by atoms with Gasteiger partial charge in [0.15, 0.2) is 11.5 Å². The zero-order valence-electron chi connectivity index (χ0n) is 18.9. The van der Waals surface area contributed by atoms with E-state index < -0.39 is 6.10 Å². The van der Waals surface area contributed by atoms with Gasteiger partial charge in [0, 0.05) is 19.6 Å². The Bertz CT molecular complexity index is 1090. The van der Waals surface area contributed by atoms with E-state index in [1.54, 1.807) is 6.07 Å². The summed E-state index contributed by atoms with van der Waals surface area (Å²) in [5.41, 5.74) is 4.72. The van der Waals surface area contributed by atoms with Crippen LogP contribution in [0.25, 0.3) is 5.57 Å². The van der Waals surface area contributed by atoms with Gasteiger partial charge in [-0.15, -0.1) is 10.2 Å². The highest BCUT2D eigenvalue weighted by molar-refractivity contribution is 5.92. The minimum atomic E-state index is -0.766. The largest absolute Gasteiger partial charge is 0.387 e. The second-order valence-corrected chi connectivity index (χ2v) is 8.51. The molecule has 1 amide bonds. The summed E-state index contributed by atoms with van der Waals surface area (Å²) in [6.07, 6.45) is 1.25. The monoisotopic (exact) mass is 442 g/mol. The van der Waals surface area contributed by atoms with Gasteiger partial charge in [-0.25, -0.2) is 0 Å². The highest BCUT2D eigenvalue weighted by atomic mass is 16.3. The third kappa shape index (κ3) is 5.46. The van der Waals surface area contributed by atoms with Gasteiger partial charge in [-0.2, -0.15) is 0 Å². The maximum absolute atomic E-state index is 12.4. The second-order valence-electron chi connectivity index (χ2n) is 8.51. The van der Waals surface area contributed by atoms with Crippen molar-refractivity contribution >= 4 is 17.3 Å². The fraction of sp³-hybridized carbons (Fsp3) is 0.296. The van der Waals surface area contributed by atoms with Gasteiger partial charge in [-0.05, 0) is 60.1 Å². The molecule has 0 aliphatic carbocycles. The minimum absolute atomic E-state index is 0.116. The molecule has 6 heteroatoms. The number of carbonyl (C=O) groups excluding carboxylic acids is 1. The zero-order valence-corrected chi connectivity index (χ0v) is 18.9. The summed E-state index contributed by atoms with van der Waals surface area (Å²) in [6, 6.07) is 21.2. The molecule has 170 valence electrons. The predicted molar refractivity (Wildman–Crippen MR) is 131 cm³/mol. The molecule has 3 aromatic rings. The lowest BCUT2D eigenvalue weighted by molar-refractivity contribution is 0.0910. The zero-order chi connectivity index (χ0) is 23.2. The molecule has 0 bridgehead atoms. The Morgan fingerprint density at radius 3 is 2.42 bits per heavy atom. The Labute approximate surface area is 195 Å². The summed E-state index contributed by atoms with van der Waals surface area (Å²) < 4.78 is 0. The number of hydrogen-bond donors (Lipinski definition) is 2. The molecule has 1 atom stereocenters. The van der Waals surface area contributed by atoms with Crippen LogP contribution in [0.5, 0.6) is 0 Å². The standard InChI is InChI=1S/C27H30N4O2/c1-19-8-6-7-11-23(19)20(2)21-14-16-31(17-15-21)26-13-12-24(29-30-26)27(33)28-18-25(32)22-9-4-3-5-10-22/h3-13,21,25,32H,2,14-18H2,1H3,(H,28,33). The number of aliphatic hydroxyl groups excluding tert-OH is 1. The first-order valence-electron chi connectivity index (χ1n) is 11.4.